The summed E-state index contributed by atoms with van der Waals surface area (Å²) in [6, 6.07) is 16.4. The van der Waals surface area contributed by atoms with E-state index in [9.17, 15) is 9.90 Å². The molecule has 1 N–H and O–H groups in total. The Morgan fingerprint density at radius 2 is 1.82 bits per heavy atom. The standard InChI is InChI=1S/C19H16O3/c1-11-18(19(20)21)16-9-13(7-8-17(16)22-11)15-10-14(15)12-5-3-2-4-6-12/h2-9,14-15H,10H2,1H3,(H,20,21)/t14-,15?/m0/s1. The van der Waals surface area contributed by atoms with Crippen LogP contribution in [0.3, 0.4) is 0 Å². The van der Waals surface area contributed by atoms with Crippen molar-refractivity contribution in [2.24, 2.45) is 0 Å². The highest BCUT2D eigenvalue weighted by molar-refractivity contribution is 6.03. The van der Waals surface area contributed by atoms with Gasteiger partial charge >= 0.3 is 5.97 Å². The molecule has 0 radical (unpaired) electrons. The first-order valence-corrected chi connectivity index (χ1v) is 7.46. The van der Waals surface area contributed by atoms with Crippen LogP contribution in [0.25, 0.3) is 11.0 Å². The first-order chi connectivity index (χ1) is 10.6. The van der Waals surface area contributed by atoms with Crippen molar-refractivity contribution in [3.05, 3.63) is 71.0 Å². The van der Waals surface area contributed by atoms with Gasteiger partial charge in [0.05, 0.1) is 0 Å². The van der Waals surface area contributed by atoms with Crippen LogP contribution in [0.4, 0.5) is 0 Å². The summed E-state index contributed by atoms with van der Waals surface area (Å²) in [6.45, 7) is 1.70. The van der Waals surface area contributed by atoms with E-state index >= 15 is 0 Å². The zero-order valence-electron chi connectivity index (χ0n) is 12.2. The summed E-state index contributed by atoms with van der Waals surface area (Å²) in [5, 5.41) is 10.1. The van der Waals surface area contributed by atoms with Crippen LogP contribution in [0, 0.1) is 6.92 Å². The molecule has 0 amide bonds. The second-order valence-electron chi connectivity index (χ2n) is 5.95. The van der Waals surface area contributed by atoms with Crippen LogP contribution in [0.15, 0.2) is 52.9 Å². The number of furan rings is 1. The lowest BCUT2D eigenvalue weighted by Gasteiger charge is -2.02. The van der Waals surface area contributed by atoms with E-state index in [0.717, 1.165) is 6.42 Å². The summed E-state index contributed by atoms with van der Waals surface area (Å²) in [5.74, 6) is 0.558. The maximum Gasteiger partial charge on any atom is 0.339 e. The highest BCUT2D eigenvalue weighted by Crippen LogP contribution is 2.55. The van der Waals surface area contributed by atoms with Crippen LogP contribution >= 0.6 is 0 Å². The molecule has 1 aromatic heterocycles. The van der Waals surface area contributed by atoms with Gasteiger partial charge in [0, 0.05) is 5.39 Å². The first kappa shape index (κ1) is 13.1. The van der Waals surface area contributed by atoms with Gasteiger partial charge in [0.1, 0.15) is 16.9 Å². The Morgan fingerprint density at radius 3 is 2.55 bits per heavy atom. The molecule has 0 spiro atoms. The fourth-order valence-electron chi connectivity index (χ4n) is 3.37. The van der Waals surface area contributed by atoms with Gasteiger partial charge in [-0.1, -0.05) is 36.4 Å². The number of carbonyl (C=O) groups is 1. The van der Waals surface area contributed by atoms with E-state index < -0.39 is 5.97 Å². The lowest BCUT2D eigenvalue weighted by atomic mass is 10.0. The molecule has 3 heteroatoms. The largest absolute Gasteiger partial charge is 0.478 e. The molecule has 2 atom stereocenters. The van der Waals surface area contributed by atoms with Crippen LogP contribution in [-0.4, -0.2) is 11.1 Å². The smallest absolute Gasteiger partial charge is 0.339 e. The minimum absolute atomic E-state index is 0.286. The van der Waals surface area contributed by atoms with Crippen molar-refractivity contribution in [1.82, 2.24) is 0 Å². The van der Waals surface area contributed by atoms with Crippen LogP contribution < -0.4 is 0 Å². The Morgan fingerprint density at radius 1 is 1.09 bits per heavy atom. The van der Waals surface area contributed by atoms with Gasteiger partial charge in [-0.05, 0) is 48.4 Å². The fraction of sp³-hybridized carbons (Fsp3) is 0.211. The summed E-state index contributed by atoms with van der Waals surface area (Å²) in [4.78, 5) is 11.4. The first-order valence-electron chi connectivity index (χ1n) is 7.46. The third kappa shape index (κ3) is 2.01. The quantitative estimate of drug-likeness (QED) is 0.760. The number of rotatable bonds is 3. The molecule has 3 nitrogen and oxygen atoms in total. The van der Waals surface area contributed by atoms with Crippen LogP contribution in [0.5, 0.6) is 0 Å². The highest BCUT2D eigenvalue weighted by atomic mass is 16.4. The monoisotopic (exact) mass is 292 g/mol. The van der Waals surface area contributed by atoms with Gasteiger partial charge in [0.15, 0.2) is 0 Å². The van der Waals surface area contributed by atoms with Crippen molar-refractivity contribution in [2.75, 3.05) is 0 Å². The average Bonchev–Trinajstić information content (AvgIpc) is 3.23. The number of aryl methyl sites for hydroxylation is 1. The molecule has 22 heavy (non-hydrogen) atoms. The van der Waals surface area contributed by atoms with E-state index in [1.165, 1.54) is 11.1 Å². The number of aromatic carboxylic acids is 1. The van der Waals surface area contributed by atoms with Gasteiger partial charge in [-0.3, -0.25) is 0 Å². The predicted molar refractivity (Wildman–Crippen MR) is 84.5 cm³/mol. The zero-order valence-corrected chi connectivity index (χ0v) is 12.2. The number of benzene rings is 2. The van der Waals surface area contributed by atoms with Crippen molar-refractivity contribution >= 4 is 16.9 Å². The number of hydrogen-bond acceptors (Lipinski definition) is 2. The fourth-order valence-corrected chi connectivity index (χ4v) is 3.37. The zero-order chi connectivity index (χ0) is 15.3. The lowest BCUT2D eigenvalue weighted by Crippen LogP contribution is -1.96. The van der Waals surface area contributed by atoms with E-state index in [0.29, 0.717) is 28.6 Å². The molecule has 4 rings (SSSR count). The van der Waals surface area contributed by atoms with Crippen molar-refractivity contribution in [3.8, 4) is 0 Å². The second-order valence-corrected chi connectivity index (χ2v) is 5.95. The molecule has 110 valence electrons. The van der Waals surface area contributed by atoms with Crippen LogP contribution in [-0.2, 0) is 0 Å². The maximum absolute atomic E-state index is 11.4. The summed E-state index contributed by atoms with van der Waals surface area (Å²) in [5.41, 5.74) is 3.49. The summed E-state index contributed by atoms with van der Waals surface area (Å²) in [7, 11) is 0. The van der Waals surface area contributed by atoms with Gasteiger partial charge in [-0.2, -0.15) is 0 Å². The van der Waals surface area contributed by atoms with Gasteiger partial charge in [-0.15, -0.1) is 0 Å². The normalized spacial score (nSPS) is 20.2. The molecule has 1 aliphatic rings. The van der Waals surface area contributed by atoms with E-state index in [1.54, 1.807) is 6.92 Å². The SMILES string of the molecule is Cc1oc2ccc(C3C[C@H]3c3ccccc3)cc2c1C(=O)O. The summed E-state index contributed by atoms with van der Waals surface area (Å²) in [6.07, 6.45) is 1.12. The number of carboxylic acid groups (broad SMARTS) is 1. The maximum atomic E-state index is 11.4. The summed E-state index contributed by atoms with van der Waals surface area (Å²) < 4.78 is 5.55. The molecule has 0 saturated heterocycles. The van der Waals surface area contributed by atoms with Gasteiger partial charge in [0.2, 0.25) is 0 Å². The average molecular weight is 292 g/mol. The Balaban J connectivity index is 1.72. The van der Waals surface area contributed by atoms with E-state index in [-0.39, 0.29) is 5.56 Å². The molecular formula is C19H16O3. The molecule has 1 heterocycles. The minimum Gasteiger partial charge on any atom is -0.478 e. The van der Waals surface area contributed by atoms with Gasteiger partial charge < -0.3 is 9.52 Å². The molecule has 1 aliphatic carbocycles. The molecule has 1 unspecified atom stereocenters. The van der Waals surface area contributed by atoms with Crippen LogP contribution in [0.2, 0.25) is 0 Å². The molecule has 2 aromatic carbocycles. The van der Waals surface area contributed by atoms with Crippen molar-refractivity contribution in [2.45, 2.75) is 25.2 Å². The molecule has 0 aliphatic heterocycles. The Labute approximate surface area is 128 Å². The van der Waals surface area contributed by atoms with E-state index in [4.69, 9.17) is 4.42 Å². The number of fused-ring (bicyclic) bond motifs is 1. The number of hydrogen-bond donors (Lipinski definition) is 1. The Kier molecular flexibility index (Phi) is 2.83. The molecular weight excluding hydrogens is 276 g/mol. The van der Waals surface area contributed by atoms with Gasteiger partial charge in [0.25, 0.3) is 0 Å². The third-order valence-electron chi connectivity index (χ3n) is 4.55. The molecule has 0 bridgehead atoms. The van der Waals surface area contributed by atoms with Gasteiger partial charge in [-0.25, -0.2) is 4.79 Å². The Hall–Kier alpha value is -2.55. The summed E-state index contributed by atoms with van der Waals surface area (Å²) >= 11 is 0. The van der Waals surface area contributed by atoms with E-state index in [1.807, 2.05) is 18.2 Å². The van der Waals surface area contributed by atoms with Crippen LogP contribution in [0.1, 0.15) is 45.5 Å². The van der Waals surface area contributed by atoms with Crippen molar-refractivity contribution in [3.63, 3.8) is 0 Å². The predicted octanol–water partition coefficient (Wildman–Crippen LogP) is 4.71. The van der Waals surface area contributed by atoms with E-state index in [2.05, 4.69) is 30.3 Å². The minimum atomic E-state index is -0.927. The molecule has 1 saturated carbocycles. The lowest BCUT2D eigenvalue weighted by molar-refractivity contribution is 0.0697. The third-order valence-corrected chi connectivity index (χ3v) is 4.55. The molecule has 1 fully saturated rings. The highest BCUT2D eigenvalue weighted by Gasteiger charge is 2.39. The Bertz CT molecular complexity index is 861. The van der Waals surface area contributed by atoms with Crippen molar-refractivity contribution in [1.29, 1.82) is 0 Å². The molecule has 3 aromatic rings. The second kappa shape index (κ2) is 4.73. The topological polar surface area (TPSA) is 50.4 Å². The number of carboxylic acids is 1. The van der Waals surface area contributed by atoms with Crippen molar-refractivity contribution < 1.29 is 14.3 Å².